The minimum atomic E-state index is 0.615. The summed E-state index contributed by atoms with van der Waals surface area (Å²) in [5.74, 6) is 0. The fourth-order valence-electron chi connectivity index (χ4n) is 2.52. The normalized spacial score (nSPS) is 19.7. The summed E-state index contributed by atoms with van der Waals surface area (Å²) >= 11 is 0. The van der Waals surface area contributed by atoms with Gasteiger partial charge in [0, 0.05) is 25.0 Å². The van der Waals surface area contributed by atoms with Gasteiger partial charge in [-0.15, -0.1) is 0 Å². The van der Waals surface area contributed by atoms with Gasteiger partial charge in [-0.1, -0.05) is 33.1 Å². The Kier molecular flexibility index (Phi) is 6.46. The van der Waals surface area contributed by atoms with Gasteiger partial charge in [-0.05, 0) is 33.1 Å². The van der Waals surface area contributed by atoms with Crippen LogP contribution in [0.5, 0.6) is 0 Å². The van der Waals surface area contributed by atoms with Gasteiger partial charge >= 0.3 is 0 Å². The SMILES string of the molecule is CCCCCN1C=CN(C(C)C)C1CCCC. The molecule has 1 heterocycles. The second-order valence-corrected chi connectivity index (χ2v) is 5.41. The average Bonchev–Trinajstić information content (AvgIpc) is 2.70. The van der Waals surface area contributed by atoms with E-state index in [-0.39, 0.29) is 0 Å². The zero-order chi connectivity index (χ0) is 12.7. The molecule has 100 valence electrons. The molecule has 1 aliphatic rings. The Labute approximate surface area is 108 Å². The van der Waals surface area contributed by atoms with Crippen LogP contribution in [-0.2, 0) is 0 Å². The van der Waals surface area contributed by atoms with Crippen molar-refractivity contribution in [3.05, 3.63) is 12.4 Å². The molecule has 2 nitrogen and oxygen atoms in total. The van der Waals surface area contributed by atoms with Crippen LogP contribution in [0.4, 0.5) is 0 Å². The van der Waals surface area contributed by atoms with Gasteiger partial charge in [0.05, 0.1) is 0 Å². The van der Waals surface area contributed by atoms with Crippen LogP contribution in [0.2, 0.25) is 0 Å². The van der Waals surface area contributed by atoms with Gasteiger partial charge in [0.1, 0.15) is 6.17 Å². The van der Waals surface area contributed by atoms with Crippen molar-refractivity contribution in [2.24, 2.45) is 0 Å². The van der Waals surface area contributed by atoms with E-state index in [1.54, 1.807) is 0 Å². The van der Waals surface area contributed by atoms with Crippen LogP contribution < -0.4 is 0 Å². The van der Waals surface area contributed by atoms with E-state index in [9.17, 15) is 0 Å². The lowest BCUT2D eigenvalue weighted by atomic mass is 10.1. The van der Waals surface area contributed by atoms with Gasteiger partial charge in [-0.3, -0.25) is 0 Å². The molecule has 0 saturated carbocycles. The third-order valence-corrected chi connectivity index (χ3v) is 3.59. The lowest BCUT2D eigenvalue weighted by Crippen LogP contribution is -2.42. The van der Waals surface area contributed by atoms with Crippen molar-refractivity contribution in [3.63, 3.8) is 0 Å². The third kappa shape index (κ3) is 4.25. The molecule has 1 aliphatic heterocycles. The quantitative estimate of drug-likeness (QED) is 0.585. The highest BCUT2D eigenvalue weighted by molar-refractivity contribution is 4.98. The van der Waals surface area contributed by atoms with Crippen LogP contribution >= 0.6 is 0 Å². The number of unbranched alkanes of at least 4 members (excludes halogenated alkanes) is 3. The molecule has 0 spiro atoms. The van der Waals surface area contributed by atoms with Gasteiger partial charge in [0.15, 0.2) is 0 Å². The van der Waals surface area contributed by atoms with E-state index in [1.165, 1.54) is 45.1 Å². The van der Waals surface area contributed by atoms with Crippen LogP contribution in [0.25, 0.3) is 0 Å². The Morgan fingerprint density at radius 2 is 1.71 bits per heavy atom. The highest BCUT2D eigenvalue weighted by Crippen LogP contribution is 2.23. The summed E-state index contributed by atoms with van der Waals surface area (Å²) in [6.07, 6.45) is 13.1. The molecule has 1 unspecified atom stereocenters. The second kappa shape index (κ2) is 7.62. The average molecular weight is 238 g/mol. The first-order chi connectivity index (χ1) is 8.20. The first kappa shape index (κ1) is 14.4. The Morgan fingerprint density at radius 1 is 1.00 bits per heavy atom. The van der Waals surface area contributed by atoms with E-state index in [2.05, 4.69) is 49.9 Å². The highest BCUT2D eigenvalue weighted by atomic mass is 15.4. The molecule has 0 N–H and O–H groups in total. The second-order valence-electron chi connectivity index (χ2n) is 5.41. The summed E-state index contributed by atoms with van der Waals surface area (Å²) in [7, 11) is 0. The molecule has 0 fully saturated rings. The summed E-state index contributed by atoms with van der Waals surface area (Å²) in [5.41, 5.74) is 0. The lowest BCUT2D eigenvalue weighted by molar-refractivity contribution is 0.114. The predicted octanol–water partition coefficient (Wildman–Crippen LogP) is 4.19. The first-order valence-corrected chi connectivity index (χ1v) is 7.42. The van der Waals surface area contributed by atoms with Crippen molar-refractivity contribution in [3.8, 4) is 0 Å². The Bertz CT molecular complexity index is 223. The van der Waals surface area contributed by atoms with Crippen molar-refractivity contribution < 1.29 is 0 Å². The largest absolute Gasteiger partial charge is 0.356 e. The number of nitrogens with zero attached hydrogens (tertiary/aromatic N) is 2. The zero-order valence-electron chi connectivity index (χ0n) is 12.2. The van der Waals surface area contributed by atoms with Gasteiger partial charge in [0.2, 0.25) is 0 Å². The molecule has 0 aliphatic carbocycles. The Hall–Kier alpha value is -0.660. The third-order valence-electron chi connectivity index (χ3n) is 3.59. The van der Waals surface area contributed by atoms with E-state index >= 15 is 0 Å². The molecule has 2 heteroatoms. The van der Waals surface area contributed by atoms with E-state index < -0.39 is 0 Å². The molecule has 0 aromatic heterocycles. The Morgan fingerprint density at radius 3 is 2.29 bits per heavy atom. The molecule has 1 atom stereocenters. The smallest absolute Gasteiger partial charge is 0.101 e. The van der Waals surface area contributed by atoms with Gasteiger partial charge < -0.3 is 9.80 Å². The maximum Gasteiger partial charge on any atom is 0.101 e. The summed E-state index contributed by atoms with van der Waals surface area (Å²) in [6, 6.07) is 0.615. The molecule has 0 aromatic rings. The van der Waals surface area contributed by atoms with Crippen molar-refractivity contribution >= 4 is 0 Å². The van der Waals surface area contributed by atoms with Crippen LogP contribution in [0.1, 0.15) is 66.2 Å². The van der Waals surface area contributed by atoms with Crippen molar-refractivity contribution in [2.75, 3.05) is 6.54 Å². The van der Waals surface area contributed by atoms with Crippen molar-refractivity contribution in [1.82, 2.24) is 9.80 Å². The monoisotopic (exact) mass is 238 g/mol. The van der Waals surface area contributed by atoms with Gasteiger partial charge in [-0.25, -0.2) is 0 Å². The highest BCUT2D eigenvalue weighted by Gasteiger charge is 2.26. The zero-order valence-corrected chi connectivity index (χ0v) is 12.2. The summed E-state index contributed by atoms with van der Waals surface area (Å²) in [4.78, 5) is 5.06. The van der Waals surface area contributed by atoms with E-state index in [0.717, 1.165) is 0 Å². The summed E-state index contributed by atoms with van der Waals surface area (Å²) < 4.78 is 0. The van der Waals surface area contributed by atoms with Crippen LogP contribution in [0, 0.1) is 0 Å². The van der Waals surface area contributed by atoms with Crippen molar-refractivity contribution in [1.29, 1.82) is 0 Å². The van der Waals surface area contributed by atoms with Gasteiger partial charge in [-0.2, -0.15) is 0 Å². The lowest BCUT2D eigenvalue weighted by Gasteiger charge is -2.35. The maximum atomic E-state index is 2.55. The minimum Gasteiger partial charge on any atom is -0.356 e. The van der Waals surface area contributed by atoms with Crippen LogP contribution in [-0.4, -0.2) is 28.6 Å². The number of hydrogen-bond donors (Lipinski definition) is 0. The fraction of sp³-hybridized carbons (Fsp3) is 0.867. The molecule has 0 amide bonds. The topological polar surface area (TPSA) is 6.48 Å². The molecule has 0 saturated heterocycles. The van der Waals surface area contributed by atoms with Crippen LogP contribution in [0.3, 0.4) is 0 Å². The molecule has 1 rings (SSSR count). The standard InChI is InChI=1S/C15H30N2/c1-5-7-9-11-16-12-13-17(14(3)4)15(16)10-8-6-2/h12-15H,5-11H2,1-4H3. The minimum absolute atomic E-state index is 0.615. The Balaban J connectivity index is 2.47. The molecule has 17 heavy (non-hydrogen) atoms. The fourth-order valence-corrected chi connectivity index (χ4v) is 2.52. The summed E-state index contributed by atoms with van der Waals surface area (Å²) in [6.45, 7) is 10.4. The number of rotatable bonds is 8. The molecular weight excluding hydrogens is 208 g/mol. The summed E-state index contributed by atoms with van der Waals surface area (Å²) in [5, 5.41) is 0. The van der Waals surface area contributed by atoms with E-state index in [4.69, 9.17) is 0 Å². The van der Waals surface area contributed by atoms with Crippen molar-refractivity contribution in [2.45, 2.75) is 78.4 Å². The first-order valence-electron chi connectivity index (χ1n) is 7.42. The molecule has 0 radical (unpaired) electrons. The van der Waals surface area contributed by atoms with Crippen LogP contribution in [0.15, 0.2) is 12.4 Å². The maximum absolute atomic E-state index is 2.55. The predicted molar refractivity (Wildman–Crippen MR) is 75.7 cm³/mol. The van der Waals surface area contributed by atoms with Gasteiger partial charge in [0.25, 0.3) is 0 Å². The molecule has 0 aromatic carbocycles. The molecular formula is C15H30N2. The molecule has 0 bridgehead atoms. The number of hydrogen-bond acceptors (Lipinski definition) is 2. The van der Waals surface area contributed by atoms with E-state index in [0.29, 0.717) is 12.2 Å². The van der Waals surface area contributed by atoms with E-state index in [1.807, 2.05) is 0 Å².